The first-order valence-corrected chi connectivity index (χ1v) is 9.19. The largest absolute Gasteiger partial charge is 0.497 e. The Hall–Kier alpha value is -2.78. The summed E-state index contributed by atoms with van der Waals surface area (Å²) < 4.78 is 51.0. The Kier molecular flexibility index (Phi) is 5.29. The van der Waals surface area contributed by atoms with Gasteiger partial charge in [0.05, 0.1) is 17.6 Å². The lowest BCUT2D eigenvalue weighted by atomic mass is 10.2. The summed E-state index contributed by atoms with van der Waals surface area (Å²) in [6.45, 7) is 0.0628. The fraction of sp³-hybridized carbons (Fsp3) is 0.176. The molecule has 0 aliphatic rings. The lowest BCUT2D eigenvalue weighted by Gasteiger charge is -2.06. The van der Waals surface area contributed by atoms with Crippen LogP contribution in [0.4, 0.5) is 4.39 Å². The van der Waals surface area contributed by atoms with Crippen molar-refractivity contribution in [1.29, 1.82) is 0 Å². The zero-order valence-corrected chi connectivity index (χ0v) is 14.7. The van der Waals surface area contributed by atoms with Crippen LogP contribution >= 0.6 is 0 Å². The highest BCUT2D eigenvalue weighted by molar-refractivity contribution is 7.89. The molecule has 0 radical (unpaired) electrons. The van der Waals surface area contributed by atoms with Crippen LogP contribution in [0.15, 0.2) is 57.8 Å². The van der Waals surface area contributed by atoms with E-state index in [0.717, 1.165) is 0 Å². The molecule has 2 aromatic carbocycles. The molecule has 9 heteroatoms. The molecule has 0 aliphatic heterocycles. The summed E-state index contributed by atoms with van der Waals surface area (Å²) in [5.74, 6) is 0.357. The molecular weight excluding hydrogens is 361 g/mol. The van der Waals surface area contributed by atoms with Crippen molar-refractivity contribution in [3.8, 4) is 17.2 Å². The molecule has 0 saturated heterocycles. The summed E-state index contributed by atoms with van der Waals surface area (Å²) in [7, 11) is -2.16. The van der Waals surface area contributed by atoms with Gasteiger partial charge in [0.2, 0.25) is 15.9 Å². The smallest absolute Gasteiger partial charge is 0.250 e. The summed E-state index contributed by atoms with van der Waals surface area (Å²) >= 11 is 0. The Bertz CT molecular complexity index is 987. The second kappa shape index (κ2) is 7.63. The topological polar surface area (TPSA) is 94.3 Å². The second-order valence-electron chi connectivity index (χ2n) is 5.30. The maximum atomic E-state index is 13.7. The van der Waals surface area contributed by atoms with Crippen molar-refractivity contribution >= 4 is 10.0 Å². The first-order valence-electron chi connectivity index (χ1n) is 7.70. The molecule has 3 rings (SSSR count). The maximum absolute atomic E-state index is 13.7. The molecular formula is C17H16FN3O4S. The number of rotatable bonds is 7. The molecule has 1 aromatic heterocycles. The Labute approximate surface area is 149 Å². The van der Waals surface area contributed by atoms with Crippen molar-refractivity contribution in [1.82, 2.24) is 14.9 Å². The third-order valence-corrected chi connectivity index (χ3v) is 5.05. The van der Waals surface area contributed by atoms with Crippen molar-refractivity contribution in [3.63, 3.8) is 0 Å². The predicted molar refractivity (Wildman–Crippen MR) is 91.6 cm³/mol. The molecule has 26 heavy (non-hydrogen) atoms. The normalized spacial score (nSPS) is 11.5. The third kappa shape index (κ3) is 4.06. The highest BCUT2D eigenvalue weighted by Gasteiger charge is 2.16. The molecule has 7 nitrogen and oxygen atoms in total. The standard InChI is InChI=1S/C17H16FN3O4S/c1-24-12-6-8-13(9-7-12)26(22,23)19-11-10-16-20-21-17(25-16)14-4-2-3-5-15(14)18/h2-9,19H,10-11H2,1H3. The summed E-state index contributed by atoms with van der Waals surface area (Å²) in [6.07, 6.45) is 0.177. The summed E-state index contributed by atoms with van der Waals surface area (Å²) in [5.41, 5.74) is 0.199. The SMILES string of the molecule is COc1ccc(S(=O)(=O)NCCc2nnc(-c3ccccc3F)o2)cc1. The molecule has 1 heterocycles. The van der Waals surface area contributed by atoms with Crippen molar-refractivity contribution in [2.45, 2.75) is 11.3 Å². The minimum atomic E-state index is -3.66. The van der Waals surface area contributed by atoms with E-state index in [9.17, 15) is 12.8 Å². The maximum Gasteiger partial charge on any atom is 0.250 e. The second-order valence-corrected chi connectivity index (χ2v) is 7.07. The number of halogens is 1. The van der Waals surface area contributed by atoms with E-state index in [4.69, 9.17) is 9.15 Å². The highest BCUT2D eigenvalue weighted by atomic mass is 32.2. The number of nitrogens with zero attached hydrogens (tertiary/aromatic N) is 2. The third-order valence-electron chi connectivity index (χ3n) is 3.57. The van der Waals surface area contributed by atoms with Crippen LogP contribution in [0, 0.1) is 5.82 Å². The number of methoxy groups -OCH3 is 1. The zero-order valence-electron chi connectivity index (χ0n) is 13.8. The van der Waals surface area contributed by atoms with Gasteiger partial charge in [-0.3, -0.25) is 0 Å². The summed E-state index contributed by atoms with van der Waals surface area (Å²) in [5, 5.41) is 7.61. The molecule has 0 atom stereocenters. The van der Waals surface area contributed by atoms with E-state index < -0.39 is 15.8 Å². The molecule has 0 fully saturated rings. The van der Waals surface area contributed by atoms with Crippen molar-refractivity contribution in [2.24, 2.45) is 0 Å². The Morgan fingerprint density at radius 3 is 2.54 bits per heavy atom. The quantitative estimate of drug-likeness (QED) is 0.679. The molecule has 1 N–H and O–H groups in total. The number of aromatic nitrogens is 2. The van der Waals surface area contributed by atoms with Crippen LogP contribution in [-0.4, -0.2) is 32.3 Å². The Morgan fingerprint density at radius 1 is 1.12 bits per heavy atom. The minimum Gasteiger partial charge on any atom is -0.497 e. The Morgan fingerprint density at radius 2 is 1.85 bits per heavy atom. The van der Waals surface area contributed by atoms with Crippen LogP contribution < -0.4 is 9.46 Å². The number of nitrogens with one attached hydrogen (secondary N) is 1. The fourth-order valence-electron chi connectivity index (χ4n) is 2.23. The molecule has 0 spiro atoms. The number of ether oxygens (including phenoxy) is 1. The molecule has 0 bridgehead atoms. The number of benzene rings is 2. The Balaban J connectivity index is 1.62. The van der Waals surface area contributed by atoms with Gasteiger partial charge in [-0.05, 0) is 36.4 Å². The predicted octanol–water partition coefficient (Wildman–Crippen LogP) is 2.41. The van der Waals surface area contributed by atoms with Crippen LogP contribution in [-0.2, 0) is 16.4 Å². The van der Waals surface area contributed by atoms with Gasteiger partial charge in [0.15, 0.2) is 0 Å². The average molecular weight is 377 g/mol. The van der Waals surface area contributed by atoms with Gasteiger partial charge in [-0.1, -0.05) is 12.1 Å². The van der Waals surface area contributed by atoms with Gasteiger partial charge in [0.1, 0.15) is 11.6 Å². The van der Waals surface area contributed by atoms with Gasteiger partial charge < -0.3 is 9.15 Å². The first-order chi connectivity index (χ1) is 12.5. The summed E-state index contributed by atoms with van der Waals surface area (Å²) in [4.78, 5) is 0.121. The number of sulfonamides is 1. The van der Waals surface area contributed by atoms with E-state index in [2.05, 4.69) is 14.9 Å². The monoisotopic (exact) mass is 377 g/mol. The first kappa shape index (κ1) is 18.0. The van der Waals surface area contributed by atoms with E-state index in [1.807, 2.05) is 0 Å². The van der Waals surface area contributed by atoms with Gasteiger partial charge in [0, 0.05) is 13.0 Å². The average Bonchev–Trinajstić information content (AvgIpc) is 3.10. The lowest BCUT2D eigenvalue weighted by Crippen LogP contribution is -2.26. The van der Waals surface area contributed by atoms with Gasteiger partial charge >= 0.3 is 0 Å². The van der Waals surface area contributed by atoms with Gasteiger partial charge in [-0.2, -0.15) is 0 Å². The highest BCUT2D eigenvalue weighted by Crippen LogP contribution is 2.21. The molecule has 0 unspecified atom stereocenters. The molecule has 3 aromatic rings. The molecule has 0 saturated carbocycles. The van der Waals surface area contributed by atoms with E-state index >= 15 is 0 Å². The van der Waals surface area contributed by atoms with Crippen molar-refractivity contribution in [2.75, 3.05) is 13.7 Å². The zero-order chi connectivity index (χ0) is 18.6. The van der Waals surface area contributed by atoms with E-state index in [-0.39, 0.29) is 35.2 Å². The number of hydrogen-bond donors (Lipinski definition) is 1. The molecule has 136 valence electrons. The summed E-state index contributed by atoms with van der Waals surface area (Å²) in [6, 6.07) is 12.1. The minimum absolute atomic E-state index is 0.0520. The van der Waals surface area contributed by atoms with E-state index in [1.165, 1.54) is 31.4 Å². The van der Waals surface area contributed by atoms with Crippen LogP contribution in [0.25, 0.3) is 11.5 Å². The van der Waals surface area contributed by atoms with Gasteiger partial charge in [0.25, 0.3) is 5.89 Å². The van der Waals surface area contributed by atoms with Crippen LogP contribution in [0.5, 0.6) is 5.75 Å². The lowest BCUT2D eigenvalue weighted by molar-refractivity contribution is 0.414. The van der Waals surface area contributed by atoms with Crippen molar-refractivity contribution < 1.29 is 22.0 Å². The van der Waals surface area contributed by atoms with Gasteiger partial charge in [-0.25, -0.2) is 17.5 Å². The van der Waals surface area contributed by atoms with Crippen LogP contribution in [0.2, 0.25) is 0 Å². The van der Waals surface area contributed by atoms with Gasteiger partial charge in [-0.15, -0.1) is 10.2 Å². The molecule has 0 amide bonds. The van der Waals surface area contributed by atoms with Crippen LogP contribution in [0.1, 0.15) is 5.89 Å². The number of hydrogen-bond acceptors (Lipinski definition) is 6. The van der Waals surface area contributed by atoms with E-state index in [0.29, 0.717) is 5.75 Å². The molecule has 0 aliphatic carbocycles. The van der Waals surface area contributed by atoms with Crippen LogP contribution in [0.3, 0.4) is 0 Å². The van der Waals surface area contributed by atoms with Crippen molar-refractivity contribution in [3.05, 3.63) is 60.2 Å². The fourth-order valence-corrected chi connectivity index (χ4v) is 3.26. The van der Waals surface area contributed by atoms with E-state index in [1.54, 1.807) is 24.3 Å².